The summed E-state index contributed by atoms with van der Waals surface area (Å²) in [6, 6.07) is 6.30. The molecular weight excluding hydrogens is 503 g/mol. The predicted molar refractivity (Wildman–Crippen MR) is 146 cm³/mol. The summed E-state index contributed by atoms with van der Waals surface area (Å²) in [6.07, 6.45) is 4.55. The van der Waals surface area contributed by atoms with Crippen LogP contribution in [0.2, 0.25) is 0 Å². The van der Waals surface area contributed by atoms with E-state index >= 15 is 4.39 Å². The van der Waals surface area contributed by atoms with E-state index in [0.717, 1.165) is 41.8 Å². The quantitative estimate of drug-likeness (QED) is 0.446. The van der Waals surface area contributed by atoms with Crippen LogP contribution in [-0.4, -0.2) is 24.3 Å². The van der Waals surface area contributed by atoms with Crippen molar-refractivity contribution in [1.82, 2.24) is 5.32 Å². The van der Waals surface area contributed by atoms with Crippen molar-refractivity contribution in [3.8, 4) is 0 Å². The number of amides is 1. The number of ether oxygens (including phenoxy) is 1. The van der Waals surface area contributed by atoms with Gasteiger partial charge in [-0.15, -0.1) is 11.3 Å². The van der Waals surface area contributed by atoms with Crippen LogP contribution < -0.4 is 10.6 Å². The molecule has 6 nitrogen and oxygen atoms in total. The summed E-state index contributed by atoms with van der Waals surface area (Å²) < 4.78 is 20.6. The van der Waals surface area contributed by atoms with Gasteiger partial charge in [0.1, 0.15) is 10.8 Å². The average Bonchev–Trinajstić information content (AvgIpc) is 3.20. The van der Waals surface area contributed by atoms with Crippen molar-refractivity contribution >= 4 is 34.0 Å². The highest BCUT2D eigenvalue weighted by atomic mass is 32.1. The number of aryl methyl sites for hydroxylation is 1. The Bertz CT molecular complexity index is 1400. The van der Waals surface area contributed by atoms with Crippen molar-refractivity contribution in [3.05, 3.63) is 74.2 Å². The number of fused-ring (bicyclic) bond motifs is 1. The van der Waals surface area contributed by atoms with Gasteiger partial charge in [-0.2, -0.15) is 0 Å². The zero-order valence-electron chi connectivity index (χ0n) is 22.3. The number of hydrogen-bond donors (Lipinski definition) is 2. The number of dihydropyridines is 1. The van der Waals surface area contributed by atoms with Gasteiger partial charge in [0.25, 0.3) is 5.91 Å². The van der Waals surface area contributed by atoms with Gasteiger partial charge in [0, 0.05) is 45.3 Å². The number of carbonyl (C=O) groups excluding carboxylic acids is 3. The van der Waals surface area contributed by atoms with E-state index < -0.39 is 23.6 Å². The van der Waals surface area contributed by atoms with Gasteiger partial charge in [0.05, 0.1) is 12.2 Å². The molecule has 0 bridgehead atoms. The molecule has 2 aromatic rings. The normalized spacial score (nSPS) is 20.4. The number of esters is 1. The highest BCUT2D eigenvalue weighted by Crippen LogP contribution is 2.47. The van der Waals surface area contributed by atoms with Crippen molar-refractivity contribution in [3.63, 3.8) is 0 Å². The minimum absolute atomic E-state index is 0.0893. The number of allylic oxidation sites excluding steroid dienone is 3. The number of rotatable bonds is 5. The van der Waals surface area contributed by atoms with Crippen LogP contribution in [0, 0.1) is 11.2 Å². The lowest BCUT2D eigenvalue weighted by Gasteiger charge is -2.39. The molecule has 1 atom stereocenters. The van der Waals surface area contributed by atoms with Gasteiger partial charge >= 0.3 is 5.97 Å². The zero-order chi connectivity index (χ0) is 27.2. The van der Waals surface area contributed by atoms with Crippen molar-refractivity contribution in [2.75, 3.05) is 11.9 Å². The van der Waals surface area contributed by atoms with Crippen LogP contribution in [-0.2, 0) is 27.2 Å². The Morgan fingerprint density at radius 3 is 2.66 bits per heavy atom. The van der Waals surface area contributed by atoms with E-state index in [0.29, 0.717) is 34.7 Å². The number of Topliss-reactive ketones (excluding diaryl/α,β-unsaturated/α-hetero) is 1. The molecule has 38 heavy (non-hydrogen) atoms. The number of hydrogen-bond acceptors (Lipinski definition) is 6. The van der Waals surface area contributed by atoms with E-state index in [1.54, 1.807) is 32.0 Å². The van der Waals surface area contributed by atoms with Gasteiger partial charge in [-0.1, -0.05) is 32.0 Å². The Hall–Kier alpha value is -3.26. The number of halogens is 1. The number of nitrogens with one attached hydrogen (secondary N) is 2. The third kappa shape index (κ3) is 4.70. The second-order valence-electron chi connectivity index (χ2n) is 11.0. The fourth-order valence-corrected chi connectivity index (χ4v) is 7.27. The van der Waals surface area contributed by atoms with E-state index in [-0.39, 0.29) is 28.9 Å². The fraction of sp³-hybridized carbons (Fsp3) is 0.433. The molecule has 8 heteroatoms. The maximum atomic E-state index is 15.2. The lowest BCUT2D eigenvalue weighted by atomic mass is 9.68. The number of benzene rings is 1. The fourth-order valence-electron chi connectivity index (χ4n) is 6.00. The van der Waals surface area contributed by atoms with Crippen LogP contribution in [0.1, 0.15) is 85.7 Å². The minimum atomic E-state index is -0.850. The number of ketones is 1. The smallest absolute Gasteiger partial charge is 0.341 e. The summed E-state index contributed by atoms with van der Waals surface area (Å²) >= 11 is 1.40. The number of anilines is 1. The van der Waals surface area contributed by atoms with Crippen molar-refractivity contribution < 1.29 is 23.5 Å². The van der Waals surface area contributed by atoms with Crippen molar-refractivity contribution in [1.29, 1.82) is 0 Å². The van der Waals surface area contributed by atoms with Crippen LogP contribution in [0.15, 0.2) is 46.8 Å². The molecule has 1 aliphatic heterocycles. The molecule has 3 aliphatic rings. The molecule has 200 valence electrons. The maximum absolute atomic E-state index is 15.2. The first-order chi connectivity index (χ1) is 18.1. The Kier molecular flexibility index (Phi) is 7.03. The first-order valence-corrected chi connectivity index (χ1v) is 14.0. The SMILES string of the molecule is CCOC(=O)c1c(NC(=O)C2=C(C)NC3=C(C(=O)CC(C)(C)C3)[C@@H]2c2ccccc2F)sc2c1CCCC2. The van der Waals surface area contributed by atoms with Crippen LogP contribution >= 0.6 is 11.3 Å². The summed E-state index contributed by atoms with van der Waals surface area (Å²) in [5.41, 5.74) is 3.45. The van der Waals surface area contributed by atoms with E-state index in [1.807, 2.05) is 13.8 Å². The predicted octanol–water partition coefficient (Wildman–Crippen LogP) is 6.19. The molecule has 5 rings (SSSR count). The molecule has 0 saturated heterocycles. The minimum Gasteiger partial charge on any atom is -0.462 e. The maximum Gasteiger partial charge on any atom is 0.341 e. The summed E-state index contributed by atoms with van der Waals surface area (Å²) in [5, 5.41) is 6.74. The molecule has 0 unspecified atom stereocenters. The van der Waals surface area contributed by atoms with Crippen LogP contribution in [0.4, 0.5) is 9.39 Å². The molecule has 2 aliphatic carbocycles. The second-order valence-corrected chi connectivity index (χ2v) is 12.1. The summed E-state index contributed by atoms with van der Waals surface area (Å²) in [4.78, 5) is 41.5. The highest BCUT2D eigenvalue weighted by Gasteiger charge is 2.43. The largest absolute Gasteiger partial charge is 0.462 e. The van der Waals surface area contributed by atoms with E-state index in [2.05, 4.69) is 10.6 Å². The molecule has 0 fully saturated rings. The standard InChI is InChI=1S/C30H33FN2O4S/c1-5-37-29(36)25-18-11-7-9-13-22(18)38-28(25)33-27(35)23-16(2)32-20-14-30(3,4)15-21(34)26(20)24(23)17-10-6-8-12-19(17)31/h6,8,10,12,24,32H,5,7,9,11,13-15H2,1-4H3,(H,33,35)/t24-/m1/s1. The van der Waals surface area contributed by atoms with E-state index in [4.69, 9.17) is 4.74 Å². The number of thiophene rings is 1. The summed E-state index contributed by atoms with van der Waals surface area (Å²) in [7, 11) is 0. The third-order valence-electron chi connectivity index (χ3n) is 7.58. The van der Waals surface area contributed by atoms with E-state index in [1.165, 1.54) is 17.4 Å². The topological polar surface area (TPSA) is 84.5 Å². The van der Waals surface area contributed by atoms with Crippen LogP contribution in [0.3, 0.4) is 0 Å². The van der Waals surface area contributed by atoms with Crippen LogP contribution in [0.5, 0.6) is 0 Å². The Morgan fingerprint density at radius 1 is 1.18 bits per heavy atom. The molecule has 2 N–H and O–H groups in total. The van der Waals surface area contributed by atoms with Gasteiger partial charge in [-0.25, -0.2) is 9.18 Å². The van der Waals surface area contributed by atoms with Gasteiger partial charge in [0.2, 0.25) is 0 Å². The molecule has 1 aromatic carbocycles. The van der Waals surface area contributed by atoms with Gasteiger partial charge in [0.15, 0.2) is 5.78 Å². The molecule has 2 heterocycles. The molecular formula is C30H33FN2O4S. The third-order valence-corrected chi connectivity index (χ3v) is 8.79. The van der Waals surface area contributed by atoms with E-state index in [9.17, 15) is 14.4 Å². The van der Waals surface area contributed by atoms with Gasteiger partial charge < -0.3 is 15.4 Å². The first kappa shape index (κ1) is 26.4. The van der Waals surface area contributed by atoms with Crippen LogP contribution in [0.25, 0.3) is 0 Å². The molecule has 0 radical (unpaired) electrons. The van der Waals surface area contributed by atoms with Crippen molar-refractivity contribution in [2.24, 2.45) is 5.41 Å². The molecule has 1 aromatic heterocycles. The Morgan fingerprint density at radius 2 is 1.92 bits per heavy atom. The Balaban J connectivity index is 1.59. The van der Waals surface area contributed by atoms with Gasteiger partial charge in [-0.05, 0) is 63.0 Å². The average molecular weight is 537 g/mol. The Labute approximate surface area is 226 Å². The summed E-state index contributed by atoms with van der Waals surface area (Å²) in [6.45, 7) is 7.83. The highest BCUT2D eigenvalue weighted by molar-refractivity contribution is 7.17. The van der Waals surface area contributed by atoms with Gasteiger partial charge in [-0.3, -0.25) is 9.59 Å². The lowest BCUT2D eigenvalue weighted by molar-refractivity contribution is -0.118. The number of carbonyl (C=O) groups is 3. The second kappa shape index (κ2) is 10.1. The first-order valence-electron chi connectivity index (χ1n) is 13.2. The summed E-state index contributed by atoms with van der Waals surface area (Å²) in [5.74, 6) is -2.32. The monoisotopic (exact) mass is 536 g/mol. The molecule has 0 spiro atoms. The zero-order valence-corrected chi connectivity index (χ0v) is 23.1. The lowest BCUT2D eigenvalue weighted by Crippen LogP contribution is -2.39. The van der Waals surface area contributed by atoms with Crippen molar-refractivity contribution in [2.45, 2.75) is 72.1 Å². The molecule has 1 amide bonds. The molecule has 0 saturated carbocycles.